The average molecular weight is 264 g/mol. The molecule has 2 nitrogen and oxygen atoms in total. The fraction of sp³-hybridized carbons (Fsp3) is 0.647. The molecule has 1 aromatic rings. The van der Waals surface area contributed by atoms with Crippen LogP contribution < -0.4 is 4.74 Å². The van der Waals surface area contributed by atoms with Gasteiger partial charge < -0.3 is 9.84 Å². The molecule has 0 aliphatic rings. The van der Waals surface area contributed by atoms with Gasteiger partial charge in [-0.3, -0.25) is 0 Å². The first-order valence-electron chi connectivity index (χ1n) is 6.91. The number of hydrogen-bond donors (Lipinski definition) is 1. The van der Waals surface area contributed by atoms with E-state index in [0.29, 0.717) is 11.2 Å². The Hall–Kier alpha value is -1.02. The lowest BCUT2D eigenvalue weighted by atomic mass is 9.72. The number of aliphatic hydroxyl groups is 1. The van der Waals surface area contributed by atoms with Crippen LogP contribution in [0.15, 0.2) is 24.3 Å². The predicted molar refractivity (Wildman–Crippen MR) is 80.5 cm³/mol. The third-order valence-corrected chi connectivity index (χ3v) is 2.98. The minimum absolute atomic E-state index is 0.130. The Morgan fingerprint density at radius 3 is 1.74 bits per heavy atom. The second-order valence-corrected chi connectivity index (χ2v) is 7.69. The van der Waals surface area contributed by atoms with Gasteiger partial charge in [0.15, 0.2) is 0 Å². The third-order valence-electron chi connectivity index (χ3n) is 2.98. The van der Waals surface area contributed by atoms with Gasteiger partial charge >= 0.3 is 0 Å². The summed E-state index contributed by atoms with van der Waals surface area (Å²) in [5.74, 6) is -0.439. The Bertz CT molecular complexity index is 402. The second kappa shape index (κ2) is 5.16. The normalized spacial score (nSPS) is 13.5. The largest absolute Gasteiger partial charge is 0.463 e. The Morgan fingerprint density at radius 1 is 0.895 bits per heavy atom. The van der Waals surface area contributed by atoms with Gasteiger partial charge in [0.2, 0.25) is 5.79 Å². The monoisotopic (exact) mass is 264 g/mol. The Kier molecular flexibility index (Phi) is 4.36. The van der Waals surface area contributed by atoms with Crippen molar-refractivity contribution in [2.24, 2.45) is 5.41 Å². The van der Waals surface area contributed by atoms with E-state index >= 15 is 0 Å². The molecule has 108 valence electrons. The van der Waals surface area contributed by atoms with Gasteiger partial charge in [-0.05, 0) is 34.9 Å². The standard InChI is InChI=1S/C17H28O2/c1-15(2,3)12-16(4,5)13-8-10-14(11-9-13)19-17(6,7)18/h8-11,18H,12H2,1-7H3. The molecule has 19 heavy (non-hydrogen) atoms. The minimum Gasteiger partial charge on any atom is -0.463 e. The van der Waals surface area contributed by atoms with Gasteiger partial charge in [0.25, 0.3) is 0 Å². The molecule has 0 fully saturated rings. The molecule has 1 rings (SSSR count). The van der Waals surface area contributed by atoms with E-state index in [0.717, 1.165) is 6.42 Å². The van der Waals surface area contributed by atoms with Gasteiger partial charge in [-0.25, -0.2) is 0 Å². The van der Waals surface area contributed by atoms with Gasteiger partial charge in [-0.15, -0.1) is 0 Å². The van der Waals surface area contributed by atoms with Crippen molar-refractivity contribution in [1.29, 1.82) is 0 Å². The van der Waals surface area contributed by atoms with Crippen LogP contribution in [-0.4, -0.2) is 10.9 Å². The highest BCUT2D eigenvalue weighted by Crippen LogP contribution is 2.36. The van der Waals surface area contributed by atoms with Crippen LogP contribution in [0.3, 0.4) is 0 Å². The van der Waals surface area contributed by atoms with Gasteiger partial charge in [-0.1, -0.05) is 46.8 Å². The maximum Gasteiger partial charge on any atom is 0.202 e. The molecule has 0 unspecified atom stereocenters. The highest BCUT2D eigenvalue weighted by atomic mass is 16.6. The van der Waals surface area contributed by atoms with E-state index in [1.54, 1.807) is 13.8 Å². The van der Waals surface area contributed by atoms with Gasteiger partial charge in [0.05, 0.1) is 0 Å². The summed E-state index contributed by atoms with van der Waals surface area (Å²) in [6, 6.07) is 8.04. The molecule has 2 heteroatoms. The quantitative estimate of drug-likeness (QED) is 0.811. The van der Waals surface area contributed by atoms with E-state index in [1.807, 2.05) is 12.1 Å². The Labute approximate surface area is 117 Å². The first kappa shape index (κ1) is 16.0. The molecule has 0 saturated carbocycles. The lowest BCUT2D eigenvalue weighted by molar-refractivity contribution is -0.104. The molecule has 0 amide bonds. The Balaban J connectivity index is 2.86. The average Bonchev–Trinajstić information content (AvgIpc) is 2.11. The molecule has 0 spiro atoms. The molecule has 0 atom stereocenters. The van der Waals surface area contributed by atoms with E-state index < -0.39 is 5.79 Å². The summed E-state index contributed by atoms with van der Waals surface area (Å²) in [6.45, 7) is 14.6. The van der Waals surface area contributed by atoms with Crippen LogP contribution >= 0.6 is 0 Å². The van der Waals surface area contributed by atoms with E-state index in [2.05, 4.69) is 46.8 Å². The maximum atomic E-state index is 9.63. The molecular weight excluding hydrogens is 236 g/mol. The van der Waals surface area contributed by atoms with Crippen molar-refractivity contribution in [3.8, 4) is 5.75 Å². The van der Waals surface area contributed by atoms with Crippen molar-refractivity contribution in [2.45, 2.75) is 66.1 Å². The molecule has 0 aliphatic carbocycles. The molecule has 0 aliphatic heterocycles. The zero-order valence-corrected chi connectivity index (χ0v) is 13.4. The highest BCUT2D eigenvalue weighted by molar-refractivity contribution is 5.32. The molecule has 0 saturated heterocycles. The lowest BCUT2D eigenvalue weighted by Gasteiger charge is -2.33. The van der Waals surface area contributed by atoms with Crippen LogP contribution in [-0.2, 0) is 5.41 Å². The molecular formula is C17H28O2. The fourth-order valence-electron chi connectivity index (χ4n) is 2.69. The van der Waals surface area contributed by atoms with Gasteiger partial charge in [0.1, 0.15) is 5.75 Å². The van der Waals surface area contributed by atoms with E-state index in [9.17, 15) is 5.11 Å². The zero-order chi connectivity index (χ0) is 14.9. The number of benzene rings is 1. The summed E-state index contributed by atoms with van der Waals surface area (Å²) >= 11 is 0. The van der Waals surface area contributed by atoms with Crippen molar-refractivity contribution in [3.63, 3.8) is 0 Å². The fourth-order valence-corrected chi connectivity index (χ4v) is 2.69. The molecule has 1 N–H and O–H groups in total. The van der Waals surface area contributed by atoms with Crippen LogP contribution in [0.1, 0.15) is 60.5 Å². The predicted octanol–water partition coefficient (Wildman–Crippen LogP) is 4.51. The SMILES string of the molecule is CC(C)(C)CC(C)(C)c1ccc(OC(C)(C)O)cc1. The lowest BCUT2D eigenvalue weighted by Crippen LogP contribution is -2.27. The molecule has 0 bridgehead atoms. The van der Waals surface area contributed by atoms with E-state index in [-0.39, 0.29) is 5.41 Å². The summed E-state index contributed by atoms with van der Waals surface area (Å²) in [6.07, 6.45) is 1.12. The maximum absolute atomic E-state index is 9.63. The molecule has 0 aromatic heterocycles. The summed E-state index contributed by atoms with van der Waals surface area (Å²) in [5, 5.41) is 9.63. The van der Waals surface area contributed by atoms with Crippen LogP contribution in [0.25, 0.3) is 0 Å². The van der Waals surface area contributed by atoms with Crippen LogP contribution in [0.5, 0.6) is 5.75 Å². The van der Waals surface area contributed by atoms with Crippen LogP contribution in [0.4, 0.5) is 0 Å². The number of ether oxygens (including phenoxy) is 1. The second-order valence-electron chi connectivity index (χ2n) is 7.69. The topological polar surface area (TPSA) is 29.5 Å². The van der Waals surface area contributed by atoms with Gasteiger partial charge in [0, 0.05) is 13.8 Å². The van der Waals surface area contributed by atoms with E-state index in [1.165, 1.54) is 5.56 Å². The molecule has 0 radical (unpaired) electrons. The zero-order valence-electron chi connectivity index (χ0n) is 13.4. The first-order valence-corrected chi connectivity index (χ1v) is 6.91. The first-order chi connectivity index (χ1) is 8.39. The van der Waals surface area contributed by atoms with Gasteiger partial charge in [-0.2, -0.15) is 0 Å². The summed E-state index contributed by atoms with van der Waals surface area (Å²) < 4.78 is 5.43. The smallest absolute Gasteiger partial charge is 0.202 e. The van der Waals surface area contributed by atoms with Crippen molar-refractivity contribution < 1.29 is 9.84 Å². The van der Waals surface area contributed by atoms with Crippen LogP contribution in [0.2, 0.25) is 0 Å². The Morgan fingerprint density at radius 2 is 1.37 bits per heavy atom. The van der Waals surface area contributed by atoms with Crippen molar-refractivity contribution in [3.05, 3.63) is 29.8 Å². The number of hydrogen-bond acceptors (Lipinski definition) is 2. The summed E-state index contributed by atoms with van der Waals surface area (Å²) in [4.78, 5) is 0. The summed E-state index contributed by atoms with van der Waals surface area (Å²) in [5.41, 5.74) is 1.72. The van der Waals surface area contributed by atoms with Crippen molar-refractivity contribution >= 4 is 0 Å². The van der Waals surface area contributed by atoms with Crippen molar-refractivity contribution in [1.82, 2.24) is 0 Å². The number of rotatable bonds is 4. The van der Waals surface area contributed by atoms with Crippen molar-refractivity contribution in [2.75, 3.05) is 0 Å². The molecule has 1 aromatic carbocycles. The molecule has 0 heterocycles. The minimum atomic E-state index is -1.14. The van der Waals surface area contributed by atoms with Crippen LogP contribution in [0, 0.1) is 5.41 Å². The highest BCUT2D eigenvalue weighted by Gasteiger charge is 2.27. The van der Waals surface area contributed by atoms with E-state index in [4.69, 9.17) is 4.74 Å². The third kappa shape index (κ3) is 5.65. The summed E-state index contributed by atoms with van der Waals surface area (Å²) in [7, 11) is 0.